The highest BCUT2D eigenvalue weighted by atomic mass is 14.7. The van der Waals surface area contributed by atoms with Crippen molar-refractivity contribution in [1.29, 1.82) is 0 Å². The zero-order valence-electron chi connectivity index (χ0n) is 35.4. The van der Waals surface area contributed by atoms with Gasteiger partial charge in [0.05, 0.1) is 5.69 Å². The predicted molar refractivity (Wildman–Crippen MR) is 243 cm³/mol. The minimum absolute atomic E-state index is 0.0161. The summed E-state index contributed by atoms with van der Waals surface area (Å²) in [6.45, 7) is 9.36. The summed E-state index contributed by atoms with van der Waals surface area (Å²) in [4.78, 5) is 4.81. The first-order valence-electron chi connectivity index (χ1n) is 23.1. The zero-order chi connectivity index (χ0) is 38.8. The monoisotopic (exact) mass is 744 g/mol. The lowest BCUT2D eigenvalue weighted by atomic mass is 9.69. The molecule has 4 aromatic carbocycles. The molecule has 0 aliphatic heterocycles. The molecule has 0 atom stereocenters. The van der Waals surface area contributed by atoms with E-state index in [1.54, 1.807) is 22.3 Å². The number of hydrogen-bond donors (Lipinski definition) is 0. The van der Waals surface area contributed by atoms with Crippen LogP contribution in [0.1, 0.15) is 178 Å². The van der Waals surface area contributed by atoms with Gasteiger partial charge >= 0.3 is 0 Å². The molecule has 0 bridgehead atoms. The number of aromatic nitrogens is 1. The van der Waals surface area contributed by atoms with E-state index in [1.807, 2.05) is 12.3 Å². The van der Waals surface area contributed by atoms with E-state index >= 15 is 0 Å². The van der Waals surface area contributed by atoms with E-state index in [2.05, 4.69) is 119 Å². The molecule has 56 heavy (non-hydrogen) atoms. The van der Waals surface area contributed by atoms with Crippen LogP contribution in [0.3, 0.4) is 0 Å². The number of pyridine rings is 1. The van der Waals surface area contributed by atoms with Crippen LogP contribution in [0.15, 0.2) is 103 Å². The van der Waals surface area contributed by atoms with Crippen molar-refractivity contribution in [3.8, 4) is 44.6 Å². The molecule has 1 heteroatoms. The van der Waals surface area contributed by atoms with Crippen LogP contribution in [0.4, 0.5) is 0 Å². The minimum Gasteiger partial charge on any atom is -0.256 e. The molecule has 0 amide bonds. The molecule has 1 heterocycles. The Morgan fingerprint density at radius 3 is 1.20 bits per heavy atom. The van der Waals surface area contributed by atoms with E-state index in [4.69, 9.17) is 4.98 Å². The van der Waals surface area contributed by atoms with Crippen LogP contribution in [0, 0.1) is 0 Å². The molecule has 0 saturated carbocycles. The summed E-state index contributed by atoms with van der Waals surface area (Å²) in [7, 11) is 0. The lowest BCUT2D eigenvalue weighted by Gasteiger charge is -2.34. The molecule has 7 rings (SSSR count). The molecule has 0 fully saturated rings. The fourth-order valence-electron chi connectivity index (χ4n) is 10.7. The smallest absolute Gasteiger partial charge is 0.0702 e. The number of nitrogens with zero attached hydrogens (tertiary/aromatic N) is 1. The molecule has 0 N–H and O–H groups in total. The Balaban J connectivity index is 1.34. The summed E-state index contributed by atoms with van der Waals surface area (Å²) >= 11 is 0. The molecule has 2 aliphatic carbocycles. The van der Waals surface area contributed by atoms with E-state index in [-0.39, 0.29) is 10.8 Å². The van der Waals surface area contributed by atoms with Crippen LogP contribution in [0.5, 0.6) is 0 Å². The van der Waals surface area contributed by atoms with Gasteiger partial charge in [-0.3, -0.25) is 4.98 Å². The number of hydrogen-bond acceptors (Lipinski definition) is 1. The summed E-state index contributed by atoms with van der Waals surface area (Å²) < 4.78 is 0. The first-order chi connectivity index (χ1) is 27.6. The Hall–Kier alpha value is -3.97. The maximum absolute atomic E-state index is 4.81. The molecule has 294 valence electrons. The van der Waals surface area contributed by atoms with Gasteiger partial charge < -0.3 is 0 Å². The third-order valence-electron chi connectivity index (χ3n) is 13.8. The second-order valence-electron chi connectivity index (χ2n) is 17.4. The van der Waals surface area contributed by atoms with E-state index < -0.39 is 0 Å². The molecule has 0 saturated heterocycles. The van der Waals surface area contributed by atoms with Crippen LogP contribution in [0.25, 0.3) is 44.6 Å². The first kappa shape index (κ1) is 40.2. The molecular formula is C55H69N. The Morgan fingerprint density at radius 2 is 0.750 bits per heavy atom. The maximum Gasteiger partial charge on any atom is 0.0702 e. The highest BCUT2D eigenvalue weighted by Crippen LogP contribution is 2.57. The van der Waals surface area contributed by atoms with Gasteiger partial charge in [-0.25, -0.2) is 0 Å². The quantitative estimate of drug-likeness (QED) is 0.0643. The van der Waals surface area contributed by atoms with Gasteiger partial charge in [-0.05, 0) is 112 Å². The number of fused-ring (bicyclic) bond motifs is 6. The van der Waals surface area contributed by atoms with Gasteiger partial charge in [0.1, 0.15) is 0 Å². The average Bonchev–Trinajstić information content (AvgIpc) is 3.67. The van der Waals surface area contributed by atoms with Crippen LogP contribution < -0.4 is 0 Å². The van der Waals surface area contributed by atoms with Crippen molar-refractivity contribution in [2.75, 3.05) is 0 Å². The third-order valence-corrected chi connectivity index (χ3v) is 13.8. The Bertz CT molecular complexity index is 1990. The molecule has 2 aliphatic rings. The fraction of sp³-hybridized carbons (Fsp3) is 0.473. The number of benzene rings is 4. The van der Waals surface area contributed by atoms with E-state index in [1.165, 1.54) is 167 Å². The van der Waals surface area contributed by atoms with Gasteiger partial charge in [0, 0.05) is 22.6 Å². The molecule has 0 spiro atoms. The molecule has 0 radical (unpaired) electrons. The SMILES string of the molecule is CCCCCCC1(CCCCCC)c2ccccc2-c2ccc(-c3ccc4c(c3)C(CCCCCC)(CCCCCC)c3cc(-c5ccccn5)ccc3-4)cc21. The summed E-state index contributed by atoms with van der Waals surface area (Å²) in [5, 5.41) is 0. The molecular weight excluding hydrogens is 675 g/mol. The third kappa shape index (κ3) is 8.08. The van der Waals surface area contributed by atoms with Crippen LogP contribution >= 0.6 is 0 Å². The molecule has 1 nitrogen and oxygen atoms in total. The minimum atomic E-state index is 0.0161. The lowest BCUT2D eigenvalue weighted by molar-refractivity contribution is 0.401. The summed E-state index contributed by atoms with van der Waals surface area (Å²) in [6.07, 6.45) is 27.7. The van der Waals surface area contributed by atoms with Crippen molar-refractivity contribution in [2.24, 2.45) is 0 Å². The zero-order valence-corrected chi connectivity index (χ0v) is 35.4. The number of unbranched alkanes of at least 4 members (excludes halogenated alkanes) is 12. The second-order valence-corrected chi connectivity index (χ2v) is 17.4. The van der Waals surface area contributed by atoms with Crippen LogP contribution in [0.2, 0.25) is 0 Å². The number of rotatable bonds is 22. The summed E-state index contributed by atoms with van der Waals surface area (Å²) in [6, 6.07) is 38.3. The van der Waals surface area contributed by atoms with Crippen molar-refractivity contribution < 1.29 is 0 Å². The lowest BCUT2D eigenvalue weighted by Crippen LogP contribution is -2.26. The predicted octanol–water partition coefficient (Wildman–Crippen LogP) is 16.8. The van der Waals surface area contributed by atoms with Crippen molar-refractivity contribution in [3.63, 3.8) is 0 Å². The Morgan fingerprint density at radius 1 is 0.357 bits per heavy atom. The van der Waals surface area contributed by atoms with Crippen LogP contribution in [-0.4, -0.2) is 4.98 Å². The van der Waals surface area contributed by atoms with Crippen molar-refractivity contribution in [1.82, 2.24) is 4.98 Å². The largest absolute Gasteiger partial charge is 0.256 e. The Kier molecular flexibility index (Phi) is 13.6. The van der Waals surface area contributed by atoms with Crippen molar-refractivity contribution in [2.45, 2.75) is 167 Å². The highest BCUT2D eigenvalue weighted by molar-refractivity contribution is 5.88. The molecule has 0 unspecified atom stereocenters. The van der Waals surface area contributed by atoms with Crippen molar-refractivity contribution in [3.05, 3.63) is 126 Å². The normalized spacial score (nSPS) is 14.4. The topological polar surface area (TPSA) is 12.9 Å². The fourth-order valence-corrected chi connectivity index (χ4v) is 10.7. The van der Waals surface area contributed by atoms with E-state index in [9.17, 15) is 0 Å². The van der Waals surface area contributed by atoms with Gasteiger partial charge in [-0.1, -0.05) is 197 Å². The molecule has 1 aromatic heterocycles. The highest BCUT2D eigenvalue weighted by Gasteiger charge is 2.44. The Labute approximate surface area is 340 Å². The maximum atomic E-state index is 4.81. The molecule has 5 aromatic rings. The van der Waals surface area contributed by atoms with Crippen molar-refractivity contribution >= 4 is 0 Å². The van der Waals surface area contributed by atoms with E-state index in [0.29, 0.717) is 0 Å². The van der Waals surface area contributed by atoms with Gasteiger partial charge in [0.25, 0.3) is 0 Å². The first-order valence-corrected chi connectivity index (χ1v) is 23.1. The standard InChI is InChI=1S/C55H69N/c1-5-9-13-20-34-54(35-21-14-10-6-2)49-26-18-17-25-45(49)46-31-28-42(39-50(46)54)43-29-32-47-48-33-30-44(53-27-19-24-38-56-53)41-52(48)55(51(47)40-43,36-22-15-11-7-3)37-23-16-12-8-4/h17-19,24-33,38-41H,5-16,20-23,34-37H2,1-4H3. The van der Waals surface area contributed by atoms with Gasteiger partial charge in [-0.2, -0.15) is 0 Å². The van der Waals surface area contributed by atoms with E-state index in [0.717, 1.165) is 5.69 Å². The summed E-state index contributed by atoms with van der Waals surface area (Å²) in [5.41, 5.74) is 17.4. The second kappa shape index (κ2) is 19.0. The van der Waals surface area contributed by atoms with Gasteiger partial charge in [0.15, 0.2) is 0 Å². The summed E-state index contributed by atoms with van der Waals surface area (Å²) in [5.74, 6) is 0. The van der Waals surface area contributed by atoms with Gasteiger partial charge in [0.2, 0.25) is 0 Å². The van der Waals surface area contributed by atoms with Crippen LogP contribution in [-0.2, 0) is 10.8 Å². The average molecular weight is 744 g/mol. The van der Waals surface area contributed by atoms with Gasteiger partial charge in [-0.15, -0.1) is 0 Å².